The van der Waals surface area contributed by atoms with Crippen LogP contribution in [0.5, 0.6) is 0 Å². The lowest BCUT2D eigenvalue weighted by atomic mass is 10.2. The Bertz CT molecular complexity index is 287. The number of thiazole rings is 1. The van der Waals surface area contributed by atoms with Gasteiger partial charge in [0.15, 0.2) is 0 Å². The van der Waals surface area contributed by atoms with Crippen molar-refractivity contribution >= 4 is 11.3 Å². The molecule has 0 spiro atoms. The molecule has 0 radical (unpaired) electrons. The number of rotatable bonds is 3. The maximum atomic E-state index is 8.36. The van der Waals surface area contributed by atoms with Crippen LogP contribution in [0, 0.1) is 18.3 Å². The summed E-state index contributed by atoms with van der Waals surface area (Å²) in [5, 5.41) is 11.4. The number of nitrogens with one attached hydrogen (secondary N) is 1. The molecule has 1 heterocycles. The molecule has 0 aliphatic carbocycles. The van der Waals surface area contributed by atoms with E-state index in [0.29, 0.717) is 6.54 Å². The summed E-state index contributed by atoms with van der Waals surface area (Å²) < 4.78 is 0. The van der Waals surface area contributed by atoms with Crippen molar-refractivity contribution in [2.24, 2.45) is 0 Å². The van der Waals surface area contributed by atoms with Crippen LogP contribution in [0.25, 0.3) is 0 Å². The number of aromatic nitrogens is 1. The van der Waals surface area contributed by atoms with E-state index < -0.39 is 0 Å². The summed E-state index contributed by atoms with van der Waals surface area (Å²) in [4.78, 5) is 5.35. The Balaban J connectivity index is 2.60. The third-order valence-electron chi connectivity index (χ3n) is 1.66. The first kappa shape index (κ1) is 9.17. The standard InChI is InChI=1S/C8H11N3S/c1-6(10-4-3-9)8-7(2)11-5-12-8/h5-6,10H,4H2,1-2H3. The van der Waals surface area contributed by atoms with Crippen molar-refractivity contribution in [3.05, 3.63) is 16.1 Å². The highest BCUT2D eigenvalue weighted by Gasteiger charge is 2.08. The topological polar surface area (TPSA) is 48.7 Å². The van der Waals surface area contributed by atoms with Gasteiger partial charge in [-0.15, -0.1) is 11.3 Å². The Morgan fingerprint density at radius 1 is 1.83 bits per heavy atom. The van der Waals surface area contributed by atoms with Gasteiger partial charge in [-0.2, -0.15) is 5.26 Å². The Labute approximate surface area is 76.1 Å². The second-order valence-corrected chi connectivity index (χ2v) is 3.45. The van der Waals surface area contributed by atoms with Crippen molar-refractivity contribution < 1.29 is 0 Å². The van der Waals surface area contributed by atoms with Crippen LogP contribution in [0.3, 0.4) is 0 Å². The van der Waals surface area contributed by atoms with E-state index in [0.717, 1.165) is 5.69 Å². The van der Waals surface area contributed by atoms with Crippen molar-refractivity contribution in [1.29, 1.82) is 5.26 Å². The second kappa shape index (κ2) is 4.19. The van der Waals surface area contributed by atoms with Gasteiger partial charge in [0, 0.05) is 10.9 Å². The lowest BCUT2D eigenvalue weighted by molar-refractivity contribution is 0.626. The van der Waals surface area contributed by atoms with E-state index in [2.05, 4.69) is 16.4 Å². The zero-order valence-corrected chi connectivity index (χ0v) is 7.98. The molecule has 1 atom stereocenters. The predicted molar refractivity (Wildman–Crippen MR) is 48.9 cm³/mol. The second-order valence-electron chi connectivity index (χ2n) is 2.56. The Kier molecular flexibility index (Phi) is 3.20. The van der Waals surface area contributed by atoms with E-state index in [1.54, 1.807) is 11.3 Å². The van der Waals surface area contributed by atoms with E-state index in [1.165, 1.54) is 4.88 Å². The SMILES string of the molecule is Cc1ncsc1C(C)NCC#N. The first-order valence-electron chi connectivity index (χ1n) is 3.76. The predicted octanol–water partition coefficient (Wildman–Crippen LogP) is 1.63. The highest BCUT2D eigenvalue weighted by Crippen LogP contribution is 2.20. The average Bonchev–Trinajstić information content (AvgIpc) is 2.47. The summed E-state index contributed by atoms with van der Waals surface area (Å²) in [5.74, 6) is 0. The van der Waals surface area contributed by atoms with Crippen molar-refractivity contribution in [2.45, 2.75) is 19.9 Å². The molecule has 1 aromatic rings. The smallest absolute Gasteiger partial charge is 0.0845 e. The lowest BCUT2D eigenvalue weighted by Crippen LogP contribution is -2.18. The van der Waals surface area contributed by atoms with E-state index in [9.17, 15) is 0 Å². The van der Waals surface area contributed by atoms with E-state index in [-0.39, 0.29) is 6.04 Å². The van der Waals surface area contributed by atoms with Crippen LogP contribution in [0.2, 0.25) is 0 Å². The molecule has 0 bridgehead atoms. The molecule has 1 rings (SSSR count). The molecular weight excluding hydrogens is 170 g/mol. The minimum absolute atomic E-state index is 0.233. The minimum atomic E-state index is 0.233. The maximum Gasteiger partial charge on any atom is 0.0845 e. The Hall–Kier alpha value is -0.920. The number of hydrogen-bond donors (Lipinski definition) is 1. The molecule has 12 heavy (non-hydrogen) atoms. The van der Waals surface area contributed by atoms with E-state index in [1.807, 2.05) is 19.4 Å². The average molecular weight is 181 g/mol. The largest absolute Gasteiger partial charge is 0.297 e. The highest BCUT2D eigenvalue weighted by molar-refractivity contribution is 7.09. The zero-order chi connectivity index (χ0) is 8.97. The number of aryl methyl sites for hydroxylation is 1. The normalized spacial score (nSPS) is 12.4. The molecular formula is C8H11N3S. The van der Waals surface area contributed by atoms with Gasteiger partial charge in [0.05, 0.1) is 23.8 Å². The van der Waals surface area contributed by atoms with Crippen LogP contribution in [0.1, 0.15) is 23.5 Å². The molecule has 4 heteroatoms. The zero-order valence-electron chi connectivity index (χ0n) is 7.16. The summed E-state index contributed by atoms with van der Waals surface area (Å²) in [5.41, 5.74) is 2.88. The van der Waals surface area contributed by atoms with Gasteiger partial charge in [-0.05, 0) is 13.8 Å². The third kappa shape index (κ3) is 2.03. The molecule has 3 nitrogen and oxygen atoms in total. The number of hydrogen-bond acceptors (Lipinski definition) is 4. The summed E-state index contributed by atoms with van der Waals surface area (Å²) in [6, 6.07) is 2.29. The molecule has 0 amide bonds. The van der Waals surface area contributed by atoms with Gasteiger partial charge in [0.2, 0.25) is 0 Å². The van der Waals surface area contributed by atoms with Crippen LogP contribution in [-0.4, -0.2) is 11.5 Å². The molecule has 0 aliphatic rings. The van der Waals surface area contributed by atoms with Gasteiger partial charge in [-0.3, -0.25) is 5.32 Å². The van der Waals surface area contributed by atoms with Crippen LogP contribution < -0.4 is 5.32 Å². The monoisotopic (exact) mass is 181 g/mol. The fraction of sp³-hybridized carbons (Fsp3) is 0.500. The van der Waals surface area contributed by atoms with Crippen molar-refractivity contribution in [3.8, 4) is 6.07 Å². The minimum Gasteiger partial charge on any atom is -0.297 e. The van der Waals surface area contributed by atoms with Crippen LogP contribution in [-0.2, 0) is 0 Å². The van der Waals surface area contributed by atoms with Crippen LogP contribution in [0.15, 0.2) is 5.51 Å². The molecule has 0 aromatic carbocycles. The van der Waals surface area contributed by atoms with Crippen molar-refractivity contribution in [1.82, 2.24) is 10.3 Å². The summed E-state index contributed by atoms with van der Waals surface area (Å²) in [6.45, 7) is 4.41. The first-order chi connectivity index (χ1) is 5.75. The molecule has 1 aromatic heterocycles. The molecule has 0 fully saturated rings. The molecule has 0 saturated carbocycles. The van der Waals surface area contributed by atoms with Crippen molar-refractivity contribution in [3.63, 3.8) is 0 Å². The van der Waals surface area contributed by atoms with Gasteiger partial charge >= 0.3 is 0 Å². The van der Waals surface area contributed by atoms with E-state index >= 15 is 0 Å². The summed E-state index contributed by atoms with van der Waals surface area (Å²) in [7, 11) is 0. The van der Waals surface area contributed by atoms with E-state index in [4.69, 9.17) is 5.26 Å². The van der Waals surface area contributed by atoms with Gasteiger partial charge in [-0.1, -0.05) is 0 Å². The molecule has 1 N–H and O–H groups in total. The molecule has 0 aliphatic heterocycles. The molecule has 0 saturated heterocycles. The summed E-state index contributed by atoms with van der Waals surface area (Å²) >= 11 is 1.63. The lowest BCUT2D eigenvalue weighted by Gasteiger charge is -2.08. The fourth-order valence-electron chi connectivity index (χ4n) is 1.02. The van der Waals surface area contributed by atoms with Gasteiger partial charge in [-0.25, -0.2) is 4.98 Å². The fourth-order valence-corrected chi connectivity index (χ4v) is 1.85. The first-order valence-corrected chi connectivity index (χ1v) is 4.64. The number of nitrogens with zero attached hydrogens (tertiary/aromatic N) is 2. The maximum absolute atomic E-state index is 8.36. The highest BCUT2D eigenvalue weighted by atomic mass is 32.1. The number of nitriles is 1. The third-order valence-corrected chi connectivity index (χ3v) is 2.78. The quantitative estimate of drug-likeness (QED) is 0.721. The van der Waals surface area contributed by atoms with Crippen LogP contribution in [0.4, 0.5) is 0 Å². The van der Waals surface area contributed by atoms with Crippen molar-refractivity contribution in [2.75, 3.05) is 6.54 Å². The van der Waals surface area contributed by atoms with Crippen LogP contribution >= 0.6 is 11.3 Å². The Morgan fingerprint density at radius 3 is 3.08 bits per heavy atom. The molecule has 64 valence electrons. The van der Waals surface area contributed by atoms with Gasteiger partial charge in [0.1, 0.15) is 0 Å². The Morgan fingerprint density at radius 2 is 2.58 bits per heavy atom. The molecule has 1 unspecified atom stereocenters. The van der Waals surface area contributed by atoms with Gasteiger partial charge < -0.3 is 0 Å². The van der Waals surface area contributed by atoms with Gasteiger partial charge in [0.25, 0.3) is 0 Å². The summed E-state index contributed by atoms with van der Waals surface area (Å²) in [6.07, 6.45) is 0.